The molecule has 0 spiro atoms. The highest BCUT2D eigenvalue weighted by atomic mass is 16.5. The maximum absolute atomic E-state index is 13.4. The van der Waals surface area contributed by atoms with E-state index in [1.165, 1.54) is 7.11 Å². The number of fused-ring (bicyclic) bond motifs is 5. The van der Waals surface area contributed by atoms with Crippen LogP contribution in [0, 0.1) is 46.3 Å². The Bertz CT molecular complexity index is 691. The number of aliphatic hydroxyl groups is 2. The number of methoxy groups -OCH3 is 1. The molecule has 4 saturated carbocycles. The second-order valence-electron chi connectivity index (χ2n) is 11.4. The molecule has 0 bridgehead atoms. The average Bonchev–Trinajstić information content (AvgIpc) is 3.06. The standard InChI is InChI=1S/C25H40O5/c1-14(5-8-22(29)30-4)17-6-7-18-23-19(13-21(28)25(17,18)3)24(2)10-9-16(26)11-15(24)12-20(23)27/h14-19,21,23,26,28H,5-13H2,1-4H3/t14-,15+,16+,17-,18-,19+,21-,23-,24+,25-/m1/s1. The van der Waals surface area contributed by atoms with Gasteiger partial charge in [-0.25, -0.2) is 0 Å². The van der Waals surface area contributed by atoms with Gasteiger partial charge in [0.15, 0.2) is 0 Å². The van der Waals surface area contributed by atoms with Crippen molar-refractivity contribution >= 4 is 11.8 Å². The van der Waals surface area contributed by atoms with E-state index in [1.54, 1.807) is 0 Å². The van der Waals surface area contributed by atoms with Gasteiger partial charge in [0.1, 0.15) is 5.78 Å². The number of hydrogen-bond acceptors (Lipinski definition) is 5. The predicted octanol–water partition coefficient (Wildman–Crippen LogP) is 3.75. The predicted molar refractivity (Wildman–Crippen MR) is 113 cm³/mol. The first-order valence-electron chi connectivity index (χ1n) is 12.1. The highest BCUT2D eigenvalue weighted by Crippen LogP contribution is 2.67. The lowest BCUT2D eigenvalue weighted by Gasteiger charge is -2.61. The van der Waals surface area contributed by atoms with Crippen LogP contribution in [-0.2, 0) is 14.3 Å². The molecule has 0 amide bonds. The Hall–Kier alpha value is -0.940. The monoisotopic (exact) mass is 420 g/mol. The summed E-state index contributed by atoms with van der Waals surface area (Å²) in [4.78, 5) is 25.1. The Kier molecular flexibility index (Phi) is 5.85. The molecule has 2 N–H and O–H groups in total. The molecule has 0 aromatic carbocycles. The van der Waals surface area contributed by atoms with Crippen molar-refractivity contribution in [3.63, 3.8) is 0 Å². The minimum atomic E-state index is -0.410. The van der Waals surface area contributed by atoms with Crippen molar-refractivity contribution < 1.29 is 24.5 Å². The Morgan fingerprint density at radius 2 is 1.90 bits per heavy atom. The summed E-state index contributed by atoms with van der Waals surface area (Å²) in [5.74, 6) is 1.61. The van der Waals surface area contributed by atoms with Crippen molar-refractivity contribution in [3.05, 3.63) is 0 Å². The zero-order valence-electron chi connectivity index (χ0n) is 19.1. The number of hydrogen-bond donors (Lipinski definition) is 2. The highest BCUT2D eigenvalue weighted by molar-refractivity contribution is 5.83. The Morgan fingerprint density at radius 3 is 2.60 bits per heavy atom. The van der Waals surface area contributed by atoms with E-state index in [4.69, 9.17) is 4.74 Å². The van der Waals surface area contributed by atoms with E-state index in [-0.39, 0.29) is 46.6 Å². The van der Waals surface area contributed by atoms with Gasteiger partial charge >= 0.3 is 5.97 Å². The first kappa shape index (κ1) is 22.3. The number of esters is 1. The number of rotatable bonds is 4. The first-order chi connectivity index (χ1) is 14.1. The first-order valence-corrected chi connectivity index (χ1v) is 12.1. The third kappa shape index (κ3) is 3.26. The van der Waals surface area contributed by atoms with Gasteiger partial charge in [0.25, 0.3) is 0 Å². The number of aliphatic hydroxyl groups excluding tert-OH is 2. The summed E-state index contributed by atoms with van der Waals surface area (Å²) in [7, 11) is 1.43. The number of ketones is 1. The molecule has 0 aliphatic heterocycles. The minimum Gasteiger partial charge on any atom is -0.469 e. The summed E-state index contributed by atoms with van der Waals surface area (Å²) in [6.45, 7) is 6.74. The lowest BCUT2D eigenvalue weighted by atomic mass is 9.43. The molecular weight excluding hydrogens is 380 g/mol. The maximum atomic E-state index is 13.4. The normalized spacial score (nSPS) is 49.0. The second-order valence-corrected chi connectivity index (χ2v) is 11.4. The summed E-state index contributed by atoms with van der Waals surface area (Å²) in [5.41, 5.74) is -0.210. The second kappa shape index (κ2) is 7.88. The van der Waals surface area contributed by atoms with Gasteiger partial charge in [-0.3, -0.25) is 9.59 Å². The molecular formula is C25H40O5. The van der Waals surface area contributed by atoms with Crippen LogP contribution in [0.25, 0.3) is 0 Å². The summed E-state index contributed by atoms with van der Waals surface area (Å²) in [5, 5.41) is 21.7. The Morgan fingerprint density at radius 1 is 1.17 bits per heavy atom. The molecule has 30 heavy (non-hydrogen) atoms. The highest BCUT2D eigenvalue weighted by Gasteiger charge is 2.65. The SMILES string of the molecule is COC(=O)CC[C@@H](C)[C@H]1CC[C@@H]2[C@H]3C(=O)C[C@@H]4C[C@@H](O)CC[C@]4(C)[C@H]3C[C@@H](O)[C@@]21C. The van der Waals surface area contributed by atoms with Gasteiger partial charge in [-0.15, -0.1) is 0 Å². The molecule has 5 nitrogen and oxygen atoms in total. The summed E-state index contributed by atoms with van der Waals surface area (Å²) in [6, 6.07) is 0. The van der Waals surface area contributed by atoms with Crippen LogP contribution in [0.1, 0.15) is 78.6 Å². The van der Waals surface area contributed by atoms with Crippen LogP contribution in [0.2, 0.25) is 0 Å². The van der Waals surface area contributed by atoms with E-state index in [0.29, 0.717) is 36.9 Å². The molecule has 4 rings (SSSR count). The van der Waals surface area contributed by atoms with Gasteiger partial charge < -0.3 is 14.9 Å². The molecule has 10 atom stereocenters. The Labute approximate surface area is 180 Å². The number of ether oxygens (including phenoxy) is 1. The van der Waals surface area contributed by atoms with Gasteiger partial charge in [0.2, 0.25) is 0 Å². The number of carbonyl (C=O) groups excluding carboxylic acids is 2. The molecule has 0 saturated heterocycles. The summed E-state index contributed by atoms with van der Waals surface area (Å²) in [6.07, 6.45) is 6.32. The largest absolute Gasteiger partial charge is 0.469 e. The van der Waals surface area contributed by atoms with Gasteiger partial charge in [0.05, 0.1) is 19.3 Å². The van der Waals surface area contributed by atoms with Crippen LogP contribution in [0.15, 0.2) is 0 Å². The number of carbonyl (C=O) groups is 2. The molecule has 0 radical (unpaired) electrons. The van der Waals surface area contributed by atoms with Crippen molar-refractivity contribution in [2.45, 2.75) is 90.8 Å². The van der Waals surface area contributed by atoms with E-state index in [2.05, 4.69) is 20.8 Å². The van der Waals surface area contributed by atoms with Gasteiger partial charge in [-0.1, -0.05) is 20.8 Å². The topological polar surface area (TPSA) is 83.8 Å². The molecule has 4 aliphatic rings. The minimum absolute atomic E-state index is 0.0488. The molecule has 5 heteroatoms. The molecule has 0 heterocycles. The summed E-state index contributed by atoms with van der Waals surface area (Å²) >= 11 is 0. The fourth-order valence-electron chi connectivity index (χ4n) is 8.49. The average molecular weight is 421 g/mol. The Balaban J connectivity index is 1.59. The van der Waals surface area contributed by atoms with Crippen molar-refractivity contribution in [1.29, 1.82) is 0 Å². The fourth-order valence-corrected chi connectivity index (χ4v) is 8.49. The van der Waals surface area contributed by atoms with Crippen molar-refractivity contribution in [2.75, 3.05) is 7.11 Å². The van der Waals surface area contributed by atoms with Crippen LogP contribution in [0.5, 0.6) is 0 Å². The van der Waals surface area contributed by atoms with Crippen LogP contribution >= 0.6 is 0 Å². The van der Waals surface area contributed by atoms with Crippen LogP contribution < -0.4 is 0 Å². The van der Waals surface area contributed by atoms with E-state index in [0.717, 1.165) is 38.5 Å². The fraction of sp³-hybridized carbons (Fsp3) is 0.920. The van der Waals surface area contributed by atoms with E-state index in [1.807, 2.05) is 0 Å². The zero-order chi connectivity index (χ0) is 21.8. The molecule has 4 aliphatic carbocycles. The van der Waals surface area contributed by atoms with Crippen molar-refractivity contribution in [1.82, 2.24) is 0 Å². The molecule has 0 aromatic heterocycles. The van der Waals surface area contributed by atoms with Gasteiger partial charge in [-0.2, -0.15) is 0 Å². The van der Waals surface area contributed by atoms with Crippen molar-refractivity contribution in [2.24, 2.45) is 46.3 Å². The number of Topliss-reactive ketones (excluding diaryl/α,β-unsaturated/α-hetero) is 1. The third-order valence-electron chi connectivity index (χ3n) is 10.3. The molecule has 170 valence electrons. The van der Waals surface area contributed by atoms with E-state index in [9.17, 15) is 19.8 Å². The summed E-state index contributed by atoms with van der Waals surface area (Å²) < 4.78 is 4.82. The third-order valence-corrected chi connectivity index (χ3v) is 10.3. The lowest BCUT2D eigenvalue weighted by molar-refractivity contribution is -0.182. The molecule has 4 fully saturated rings. The zero-order valence-corrected chi connectivity index (χ0v) is 19.1. The molecule has 0 aromatic rings. The lowest BCUT2D eigenvalue weighted by Crippen LogP contribution is -2.61. The van der Waals surface area contributed by atoms with E-state index < -0.39 is 6.10 Å². The van der Waals surface area contributed by atoms with Crippen LogP contribution in [0.3, 0.4) is 0 Å². The van der Waals surface area contributed by atoms with Gasteiger partial charge in [0, 0.05) is 24.2 Å². The van der Waals surface area contributed by atoms with Crippen LogP contribution in [-0.4, -0.2) is 41.3 Å². The van der Waals surface area contributed by atoms with Crippen molar-refractivity contribution in [3.8, 4) is 0 Å². The molecule has 0 unspecified atom stereocenters. The van der Waals surface area contributed by atoms with Gasteiger partial charge in [-0.05, 0) is 80.0 Å². The van der Waals surface area contributed by atoms with E-state index >= 15 is 0 Å². The maximum Gasteiger partial charge on any atom is 0.305 e. The smallest absolute Gasteiger partial charge is 0.305 e. The quantitative estimate of drug-likeness (QED) is 0.677. The van der Waals surface area contributed by atoms with Crippen LogP contribution in [0.4, 0.5) is 0 Å².